The van der Waals surface area contributed by atoms with Crippen LogP contribution in [0.5, 0.6) is 23.0 Å². The van der Waals surface area contributed by atoms with Crippen LogP contribution in [-0.4, -0.2) is 29.2 Å². The molecule has 0 fully saturated rings. The fourth-order valence-corrected chi connectivity index (χ4v) is 4.13. The second-order valence-electron chi connectivity index (χ2n) is 10.0. The third-order valence-electron chi connectivity index (χ3n) is 6.02. The molecule has 0 aliphatic heterocycles. The van der Waals surface area contributed by atoms with E-state index in [-0.39, 0.29) is 5.82 Å². The number of nitrogens with zero attached hydrogens (tertiary/aromatic N) is 6. The van der Waals surface area contributed by atoms with E-state index in [4.69, 9.17) is 9.47 Å². The number of hydrogen-bond acceptors (Lipinski definition) is 6. The molecular weight excluding hydrogens is 507 g/mol. The van der Waals surface area contributed by atoms with Crippen molar-refractivity contribution in [3.63, 3.8) is 0 Å². The number of halogens is 1. The Morgan fingerprint density at radius 2 is 1.27 bits per heavy atom. The van der Waals surface area contributed by atoms with Gasteiger partial charge in [-0.25, -0.2) is 23.4 Å². The molecule has 8 nitrogen and oxygen atoms in total. The van der Waals surface area contributed by atoms with Gasteiger partial charge in [-0.1, -0.05) is 26.0 Å². The molecule has 0 atom stereocenters. The number of ether oxygens (including phenoxy) is 2. The highest BCUT2D eigenvalue weighted by atomic mass is 19.1. The Kier molecular flexibility index (Phi) is 7.46. The zero-order valence-electron chi connectivity index (χ0n) is 23.4. The molecule has 0 spiro atoms. The predicted molar refractivity (Wildman–Crippen MR) is 152 cm³/mol. The third kappa shape index (κ3) is 6.09. The molecule has 0 saturated carbocycles. The summed E-state index contributed by atoms with van der Waals surface area (Å²) >= 11 is 0. The molecule has 9 heteroatoms. The van der Waals surface area contributed by atoms with Crippen molar-refractivity contribution >= 4 is 11.3 Å². The van der Waals surface area contributed by atoms with Gasteiger partial charge in [-0.15, -0.1) is 0 Å². The van der Waals surface area contributed by atoms with Gasteiger partial charge >= 0.3 is 0 Å². The van der Waals surface area contributed by atoms with Gasteiger partial charge in [0, 0.05) is 12.1 Å². The Labute approximate surface area is 232 Å². The molecule has 6 aromatic rings. The van der Waals surface area contributed by atoms with Crippen LogP contribution in [0.25, 0.3) is 11.3 Å². The fourth-order valence-electron chi connectivity index (χ4n) is 4.13. The number of aromatic nitrogens is 6. The van der Waals surface area contributed by atoms with E-state index in [0.717, 1.165) is 39.9 Å². The number of rotatable bonds is 5. The van der Waals surface area contributed by atoms with Crippen LogP contribution in [0.15, 0.2) is 73.1 Å². The van der Waals surface area contributed by atoms with Gasteiger partial charge in [-0.2, -0.15) is 10.2 Å². The summed E-state index contributed by atoms with van der Waals surface area (Å²) < 4.78 is 28.2. The van der Waals surface area contributed by atoms with Crippen LogP contribution in [0.3, 0.4) is 0 Å². The maximum absolute atomic E-state index is 12.9. The molecule has 0 N–H and O–H groups in total. The van der Waals surface area contributed by atoms with Gasteiger partial charge in [0.1, 0.15) is 17.3 Å². The average Bonchev–Trinajstić information content (AvgIpc) is 3.47. The molecule has 0 bridgehead atoms. The van der Waals surface area contributed by atoms with E-state index in [0.29, 0.717) is 23.1 Å². The average molecular weight is 539 g/mol. The van der Waals surface area contributed by atoms with Gasteiger partial charge in [0.25, 0.3) is 0 Å². The van der Waals surface area contributed by atoms with Gasteiger partial charge < -0.3 is 9.47 Å². The van der Waals surface area contributed by atoms with Gasteiger partial charge in [-0.3, -0.25) is 0 Å². The van der Waals surface area contributed by atoms with Crippen molar-refractivity contribution in [1.29, 1.82) is 0 Å². The van der Waals surface area contributed by atoms with Crippen LogP contribution >= 0.6 is 0 Å². The van der Waals surface area contributed by atoms with Crippen LogP contribution in [0.1, 0.15) is 48.1 Å². The zero-order chi connectivity index (χ0) is 28.4. The van der Waals surface area contributed by atoms with Crippen molar-refractivity contribution in [3.8, 4) is 23.0 Å². The van der Waals surface area contributed by atoms with Crippen LogP contribution in [0.4, 0.5) is 4.39 Å². The zero-order valence-corrected chi connectivity index (χ0v) is 23.4. The van der Waals surface area contributed by atoms with Crippen molar-refractivity contribution in [2.75, 3.05) is 0 Å². The molecule has 0 aliphatic rings. The van der Waals surface area contributed by atoms with Gasteiger partial charge in [0.15, 0.2) is 22.8 Å². The number of benzene rings is 2. The molecule has 0 aliphatic carbocycles. The molecule has 0 amide bonds. The summed E-state index contributed by atoms with van der Waals surface area (Å²) in [7, 11) is 0. The Balaban J connectivity index is 0.000000162. The molecule has 40 heavy (non-hydrogen) atoms. The van der Waals surface area contributed by atoms with Gasteiger partial charge in [-0.05, 0) is 75.6 Å². The summed E-state index contributed by atoms with van der Waals surface area (Å²) in [6, 6.07) is 17.7. The smallest absolute Gasteiger partial charge is 0.197 e. The van der Waals surface area contributed by atoms with E-state index in [1.807, 2.05) is 76.5 Å². The lowest BCUT2D eigenvalue weighted by molar-refractivity contribution is 0.479. The van der Waals surface area contributed by atoms with Crippen LogP contribution < -0.4 is 9.47 Å². The minimum Gasteiger partial charge on any atom is -0.453 e. The van der Waals surface area contributed by atoms with E-state index in [1.54, 1.807) is 21.2 Å². The van der Waals surface area contributed by atoms with Crippen molar-refractivity contribution in [3.05, 3.63) is 107 Å². The van der Waals surface area contributed by atoms with Crippen molar-refractivity contribution in [2.24, 2.45) is 0 Å². The Morgan fingerprint density at radius 1 is 0.675 bits per heavy atom. The summed E-state index contributed by atoms with van der Waals surface area (Å²) in [5.41, 5.74) is 6.16. The quantitative estimate of drug-likeness (QED) is 0.226. The number of aryl methyl sites for hydroxylation is 4. The van der Waals surface area contributed by atoms with Crippen molar-refractivity contribution in [2.45, 2.75) is 47.5 Å². The molecule has 204 valence electrons. The van der Waals surface area contributed by atoms with Crippen LogP contribution in [0, 0.1) is 33.5 Å². The van der Waals surface area contributed by atoms with Gasteiger partial charge in [0.05, 0.1) is 35.2 Å². The number of imidazole rings is 2. The number of fused-ring (bicyclic) bond motifs is 2. The number of hydrogen-bond donors (Lipinski definition) is 0. The summed E-state index contributed by atoms with van der Waals surface area (Å²) in [6.45, 7) is 12.0. The minimum atomic E-state index is -0.292. The lowest BCUT2D eigenvalue weighted by Crippen LogP contribution is -2.01. The fraction of sp³-hybridized carbons (Fsp3) is 0.226. The van der Waals surface area contributed by atoms with E-state index in [9.17, 15) is 4.39 Å². The molecule has 0 unspecified atom stereocenters. The maximum atomic E-state index is 12.9. The molecule has 4 heterocycles. The molecule has 0 saturated heterocycles. The molecular formula is C31H31FN6O2. The molecule has 0 radical (unpaired) electrons. The lowest BCUT2D eigenvalue weighted by atomic mass is 10.1. The summed E-state index contributed by atoms with van der Waals surface area (Å²) in [5.74, 6) is 2.77. The predicted octanol–water partition coefficient (Wildman–Crippen LogP) is 7.54. The Bertz CT molecular complexity index is 1790. The van der Waals surface area contributed by atoms with Gasteiger partial charge in [0.2, 0.25) is 0 Å². The SMILES string of the molecule is Cc1cccc(Oc2cc(C(C)C)nn3cc(C)nc23)c1.Cc1cn2nc(C)cc(Oc3ccc(F)cc3)c2n1. The first kappa shape index (κ1) is 26.8. The third-order valence-corrected chi connectivity index (χ3v) is 6.02. The second-order valence-corrected chi connectivity index (χ2v) is 10.0. The summed E-state index contributed by atoms with van der Waals surface area (Å²) in [6.07, 6.45) is 3.75. The van der Waals surface area contributed by atoms with Crippen LogP contribution in [0.2, 0.25) is 0 Å². The summed E-state index contributed by atoms with van der Waals surface area (Å²) in [4.78, 5) is 8.88. The normalized spacial score (nSPS) is 11.1. The van der Waals surface area contributed by atoms with E-state index >= 15 is 0 Å². The topological polar surface area (TPSA) is 78.8 Å². The van der Waals surface area contributed by atoms with E-state index in [2.05, 4.69) is 34.0 Å². The van der Waals surface area contributed by atoms with Crippen molar-refractivity contribution < 1.29 is 13.9 Å². The Hall–Kier alpha value is -4.79. The molecule has 4 aromatic heterocycles. The highest BCUT2D eigenvalue weighted by Crippen LogP contribution is 2.29. The monoisotopic (exact) mass is 538 g/mol. The van der Waals surface area contributed by atoms with E-state index < -0.39 is 0 Å². The first-order valence-electron chi connectivity index (χ1n) is 13.0. The Morgan fingerprint density at radius 3 is 1.90 bits per heavy atom. The van der Waals surface area contributed by atoms with Crippen LogP contribution in [-0.2, 0) is 0 Å². The standard InChI is InChI=1S/C17H19N3O.C14H12FN3O/c1-11(2)15-9-16(17-18-13(4)10-20(17)19-15)21-14-7-5-6-12(3)8-14;1-9-7-13(14-16-10(2)8-18(14)17-9)19-12-5-3-11(15)4-6-12/h5-11H,1-4H3;3-8H,1-2H3. The highest BCUT2D eigenvalue weighted by Gasteiger charge is 2.13. The second kappa shape index (κ2) is 11.1. The van der Waals surface area contributed by atoms with Crippen molar-refractivity contribution in [1.82, 2.24) is 29.2 Å². The highest BCUT2D eigenvalue weighted by molar-refractivity contribution is 5.56. The molecule has 2 aromatic carbocycles. The largest absolute Gasteiger partial charge is 0.453 e. The lowest BCUT2D eigenvalue weighted by Gasteiger charge is -2.11. The summed E-state index contributed by atoms with van der Waals surface area (Å²) in [5, 5.41) is 8.92. The molecule has 6 rings (SSSR count). The van der Waals surface area contributed by atoms with E-state index in [1.165, 1.54) is 17.7 Å². The first-order chi connectivity index (χ1) is 19.1. The minimum absolute atomic E-state index is 0.292. The first-order valence-corrected chi connectivity index (χ1v) is 13.0. The maximum Gasteiger partial charge on any atom is 0.197 e.